The number of carbonyl (C=O) groups excluding carboxylic acids is 1. The fraction of sp³-hybridized carbons (Fsp3) is 0.286. The molecule has 20 heavy (non-hydrogen) atoms. The number of anilines is 1. The molecule has 0 bridgehead atoms. The largest absolute Gasteiger partial charge is 0.325 e. The second-order valence-corrected chi connectivity index (χ2v) is 4.47. The number of rotatable bonds is 4. The first-order valence-corrected chi connectivity index (χ1v) is 6.18. The van der Waals surface area contributed by atoms with Crippen LogP contribution in [0.5, 0.6) is 0 Å². The lowest BCUT2D eigenvalue weighted by atomic mass is 10.2. The van der Waals surface area contributed by atoms with Gasteiger partial charge < -0.3 is 10.6 Å². The summed E-state index contributed by atoms with van der Waals surface area (Å²) in [7, 11) is 1.74. The zero-order chi connectivity index (χ0) is 13.8. The van der Waals surface area contributed by atoms with Crippen molar-refractivity contribution < 1.29 is 4.79 Å². The van der Waals surface area contributed by atoms with Crippen molar-refractivity contribution in [3.05, 3.63) is 41.7 Å². The maximum Gasteiger partial charge on any atom is 0.238 e. The van der Waals surface area contributed by atoms with E-state index in [-0.39, 0.29) is 18.3 Å². The molecule has 1 aromatic heterocycles. The van der Waals surface area contributed by atoms with Crippen LogP contribution in [0, 0.1) is 13.8 Å². The summed E-state index contributed by atoms with van der Waals surface area (Å²) < 4.78 is 1.86. The number of benzene rings is 1. The lowest BCUT2D eigenvalue weighted by molar-refractivity contribution is -0.115. The van der Waals surface area contributed by atoms with Gasteiger partial charge in [0, 0.05) is 11.4 Å². The van der Waals surface area contributed by atoms with E-state index in [1.165, 1.54) is 0 Å². The number of halogens is 1. The van der Waals surface area contributed by atoms with Crippen LogP contribution in [0.1, 0.15) is 11.4 Å². The van der Waals surface area contributed by atoms with Crippen LogP contribution in [0.3, 0.4) is 0 Å². The zero-order valence-corrected chi connectivity index (χ0v) is 12.6. The van der Waals surface area contributed by atoms with Crippen molar-refractivity contribution in [2.24, 2.45) is 0 Å². The van der Waals surface area contributed by atoms with Gasteiger partial charge in [-0.3, -0.25) is 4.79 Å². The predicted molar refractivity (Wildman–Crippen MR) is 82.8 cm³/mol. The summed E-state index contributed by atoms with van der Waals surface area (Å²) in [4.78, 5) is 11.5. The second kappa shape index (κ2) is 7.07. The summed E-state index contributed by atoms with van der Waals surface area (Å²) in [6.45, 7) is 4.26. The summed E-state index contributed by atoms with van der Waals surface area (Å²) in [6.07, 6.45) is 0. The maximum absolute atomic E-state index is 11.5. The summed E-state index contributed by atoms with van der Waals surface area (Å²) in [5, 5.41) is 10.1. The Bertz CT molecular complexity index is 595. The third-order valence-corrected chi connectivity index (χ3v) is 2.72. The Hall–Kier alpha value is -1.85. The van der Waals surface area contributed by atoms with Gasteiger partial charge in [-0.15, -0.1) is 12.4 Å². The highest BCUT2D eigenvalue weighted by Crippen LogP contribution is 2.16. The molecule has 1 aromatic carbocycles. The van der Waals surface area contributed by atoms with Crippen molar-refractivity contribution in [3.63, 3.8) is 0 Å². The van der Waals surface area contributed by atoms with E-state index in [2.05, 4.69) is 15.7 Å². The molecule has 0 aliphatic carbocycles. The van der Waals surface area contributed by atoms with Crippen molar-refractivity contribution in [1.29, 1.82) is 0 Å². The minimum absolute atomic E-state index is 0. The number of amides is 1. The molecule has 1 amide bonds. The molecule has 0 radical (unpaired) electrons. The van der Waals surface area contributed by atoms with Crippen LogP contribution < -0.4 is 10.6 Å². The Morgan fingerprint density at radius 2 is 2.05 bits per heavy atom. The lowest BCUT2D eigenvalue weighted by Gasteiger charge is -2.08. The van der Waals surface area contributed by atoms with Crippen molar-refractivity contribution in [2.75, 3.05) is 18.9 Å². The molecule has 6 heteroatoms. The predicted octanol–water partition coefficient (Wildman–Crippen LogP) is 2.07. The summed E-state index contributed by atoms with van der Waals surface area (Å²) in [5.41, 5.74) is 3.75. The number of hydrogen-bond donors (Lipinski definition) is 2. The van der Waals surface area contributed by atoms with Crippen LogP contribution >= 0.6 is 12.4 Å². The topological polar surface area (TPSA) is 59.0 Å². The number of aromatic nitrogens is 2. The van der Waals surface area contributed by atoms with E-state index in [4.69, 9.17) is 0 Å². The number of nitrogens with zero attached hydrogens (tertiary/aromatic N) is 2. The second-order valence-electron chi connectivity index (χ2n) is 4.47. The molecule has 0 unspecified atom stereocenters. The molecule has 2 rings (SSSR count). The first kappa shape index (κ1) is 16.2. The van der Waals surface area contributed by atoms with Gasteiger partial charge in [-0.05, 0) is 45.2 Å². The Morgan fingerprint density at radius 3 is 2.65 bits per heavy atom. The van der Waals surface area contributed by atoms with E-state index >= 15 is 0 Å². The number of hydrogen-bond acceptors (Lipinski definition) is 3. The van der Waals surface area contributed by atoms with Crippen molar-refractivity contribution in [1.82, 2.24) is 15.1 Å². The van der Waals surface area contributed by atoms with Crippen molar-refractivity contribution in [3.8, 4) is 5.69 Å². The quantitative estimate of drug-likeness (QED) is 0.907. The highest BCUT2D eigenvalue weighted by atomic mass is 35.5. The third-order valence-electron chi connectivity index (χ3n) is 2.72. The molecule has 0 saturated heterocycles. The van der Waals surface area contributed by atoms with Gasteiger partial charge in [0.1, 0.15) is 0 Å². The van der Waals surface area contributed by atoms with E-state index in [0.717, 1.165) is 22.8 Å². The van der Waals surface area contributed by atoms with E-state index < -0.39 is 0 Å². The average molecular weight is 295 g/mol. The summed E-state index contributed by atoms with van der Waals surface area (Å²) in [6, 6.07) is 9.66. The van der Waals surface area contributed by atoms with Gasteiger partial charge in [-0.2, -0.15) is 5.10 Å². The molecular formula is C14H19ClN4O. The van der Waals surface area contributed by atoms with E-state index in [9.17, 15) is 4.79 Å². The van der Waals surface area contributed by atoms with Gasteiger partial charge in [0.2, 0.25) is 5.91 Å². The average Bonchev–Trinajstić information content (AvgIpc) is 2.69. The van der Waals surface area contributed by atoms with Gasteiger partial charge in [0.25, 0.3) is 0 Å². The van der Waals surface area contributed by atoms with Gasteiger partial charge in [0.15, 0.2) is 0 Å². The fourth-order valence-corrected chi connectivity index (χ4v) is 1.97. The van der Waals surface area contributed by atoms with Crippen molar-refractivity contribution >= 4 is 24.0 Å². The van der Waals surface area contributed by atoms with Gasteiger partial charge in [0.05, 0.1) is 17.9 Å². The number of aryl methyl sites for hydroxylation is 2. The maximum atomic E-state index is 11.5. The van der Waals surface area contributed by atoms with E-state index in [0.29, 0.717) is 6.54 Å². The molecule has 0 saturated carbocycles. The monoisotopic (exact) mass is 294 g/mol. The normalized spacial score (nSPS) is 9.95. The third kappa shape index (κ3) is 3.82. The Kier molecular flexibility index (Phi) is 5.73. The number of nitrogens with one attached hydrogen (secondary N) is 2. The summed E-state index contributed by atoms with van der Waals surface area (Å²) >= 11 is 0. The molecule has 0 aliphatic heterocycles. The van der Waals surface area contributed by atoms with Gasteiger partial charge >= 0.3 is 0 Å². The van der Waals surface area contributed by atoms with Crippen LogP contribution in [-0.4, -0.2) is 29.3 Å². The fourth-order valence-electron chi connectivity index (χ4n) is 1.97. The molecule has 0 spiro atoms. The standard InChI is InChI=1S/C14H18N4O.ClH/c1-10-7-11(2)18(17-10)13-6-4-5-12(8-13)16-14(19)9-15-3;/h4-8,15H,9H2,1-3H3,(H,16,19);1H. The lowest BCUT2D eigenvalue weighted by Crippen LogP contribution is -2.25. The molecule has 0 atom stereocenters. The van der Waals surface area contributed by atoms with Gasteiger partial charge in [-0.1, -0.05) is 6.07 Å². The van der Waals surface area contributed by atoms with Gasteiger partial charge in [-0.25, -0.2) is 4.68 Å². The van der Waals surface area contributed by atoms with Crippen LogP contribution in [0.15, 0.2) is 30.3 Å². The molecule has 5 nitrogen and oxygen atoms in total. The molecule has 108 valence electrons. The van der Waals surface area contributed by atoms with E-state index in [1.807, 2.05) is 48.9 Å². The van der Waals surface area contributed by atoms with Crippen LogP contribution in [0.4, 0.5) is 5.69 Å². The Morgan fingerprint density at radius 1 is 1.30 bits per heavy atom. The minimum atomic E-state index is -0.0620. The SMILES string of the molecule is CNCC(=O)Nc1cccc(-n2nc(C)cc2C)c1.Cl. The Balaban J connectivity index is 0.00000200. The summed E-state index contributed by atoms with van der Waals surface area (Å²) in [5.74, 6) is -0.0620. The van der Waals surface area contributed by atoms with Crippen LogP contribution in [0.2, 0.25) is 0 Å². The first-order chi connectivity index (χ1) is 9.10. The van der Waals surface area contributed by atoms with E-state index in [1.54, 1.807) is 7.05 Å². The molecular weight excluding hydrogens is 276 g/mol. The minimum Gasteiger partial charge on any atom is -0.325 e. The van der Waals surface area contributed by atoms with Crippen LogP contribution in [-0.2, 0) is 4.79 Å². The molecule has 2 aromatic rings. The van der Waals surface area contributed by atoms with Crippen molar-refractivity contribution in [2.45, 2.75) is 13.8 Å². The highest BCUT2D eigenvalue weighted by Gasteiger charge is 2.05. The van der Waals surface area contributed by atoms with Crippen LogP contribution in [0.25, 0.3) is 5.69 Å². The number of carbonyl (C=O) groups is 1. The molecule has 0 aliphatic rings. The smallest absolute Gasteiger partial charge is 0.238 e. The molecule has 2 N–H and O–H groups in total. The first-order valence-electron chi connectivity index (χ1n) is 6.18. The molecule has 1 heterocycles. The Labute approximate surface area is 124 Å². The zero-order valence-electron chi connectivity index (χ0n) is 11.8. The number of likely N-dealkylation sites (N-methyl/N-ethyl adjacent to an activating group) is 1. The highest BCUT2D eigenvalue weighted by molar-refractivity contribution is 5.92. The molecule has 0 fully saturated rings.